The molecule has 0 fully saturated rings. The fraction of sp³-hybridized carbons (Fsp3) is 0.310. The number of aromatic amines is 1. The molecule has 0 saturated carbocycles. The second-order valence-electron chi connectivity index (χ2n) is 9.68. The van der Waals surface area contributed by atoms with Gasteiger partial charge >= 0.3 is 0 Å². The number of aromatic nitrogens is 3. The molecule has 0 bridgehead atoms. The number of rotatable bonds is 8. The van der Waals surface area contributed by atoms with Crippen LogP contribution in [0.5, 0.6) is 0 Å². The van der Waals surface area contributed by atoms with E-state index in [1.807, 2.05) is 11.7 Å². The number of nitrogens with zero attached hydrogens (tertiary/aromatic N) is 3. The molecule has 36 heavy (non-hydrogen) atoms. The predicted octanol–water partition coefficient (Wildman–Crippen LogP) is 4.77. The van der Waals surface area contributed by atoms with Crippen molar-refractivity contribution < 1.29 is 10.0 Å². The maximum Gasteiger partial charge on any atom is 0.267 e. The molecule has 1 atom stereocenters. The SMILES string of the molecule is Cc1nn(C)c(C)c1CN(CCc1c[nH]c2ccccc12)C1CCc2cc(C=CC(=O)NO)ccc21. The largest absolute Gasteiger partial charge is 0.361 e. The molecule has 0 radical (unpaired) electrons. The van der Waals surface area contributed by atoms with Crippen molar-refractivity contribution >= 4 is 22.9 Å². The summed E-state index contributed by atoms with van der Waals surface area (Å²) in [5, 5.41) is 14.7. The molecule has 2 heterocycles. The van der Waals surface area contributed by atoms with Gasteiger partial charge in [-0.15, -0.1) is 0 Å². The average Bonchev–Trinajstić information content (AvgIpc) is 3.56. The zero-order chi connectivity index (χ0) is 25.2. The van der Waals surface area contributed by atoms with Gasteiger partial charge in [0.2, 0.25) is 0 Å². The smallest absolute Gasteiger partial charge is 0.267 e. The van der Waals surface area contributed by atoms with Crippen molar-refractivity contribution in [1.29, 1.82) is 0 Å². The summed E-state index contributed by atoms with van der Waals surface area (Å²) in [6, 6.07) is 15.2. The summed E-state index contributed by atoms with van der Waals surface area (Å²) in [4.78, 5) is 17.4. The van der Waals surface area contributed by atoms with E-state index in [9.17, 15) is 4.79 Å². The van der Waals surface area contributed by atoms with Crippen LogP contribution in [0.1, 0.15) is 51.7 Å². The minimum absolute atomic E-state index is 0.322. The molecule has 5 rings (SSSR count). The summed E-state index contributed by atoms with van der Waals surface area (Å²) in [5.74, 6) is -0.529. The van der Waals surface area contributed by atoms with E-state index in [1.165, 1.54) is 44.9 Å². The van der Waals surface area contributed by atoms with E-state index in [-0.39, 0.29) is 0 Å². The normalized spacial score (nSPS) is 15.3. The van der Waals surface area contributed by atoms with Crippen LogP contribution in [-0.2, 0) is 31.2 Å². The van der Waals surface area contributed by atoms with Crippen LogP contribution < -0.4 is 5.48 Å². The van der Waals surface area contributed by atoms with Crippen molar-refractivity contribution in [2.75, 3.05) is 6.54 Å². The molecule has 186 valence electrons. The second-order valence-corrected chi connectivity index (χ2v) is 9.68. The lowest BCUT2D eigenvalue weighted by atomic mass is 10.0. The summed E-state index contributed by atoms with van der Waals surface area (Å²) in [6.07, 6.45) is 8.25. The number of benzene rings is 2. The van der Waals surface area contributed by atoms with E-state index in [0.717, 1.165) is 43.6 Å². The van der Waals surface area contributed by atoms with Gasteiger partial charge in [-0.25, -0.2) is 5.48 Å². The average molecular weight is 484 g/mol. The number of amides is 1. The minimum Gasteiger partial charge on any atom is -0.361 e. The van der Waals surface area contributed by atoms with Gasteiger partial charge in [-0.05, 0) is 67.5 Å². The van der Waals surface area contributed by atoms with Crippen LogP contribution in [0, 0.1) is 13.8 Å². The van der Waals surface area contributed by atoms with Crippen LogP contribution in [0.2, 0.25) is 0 Å². The van der Waals surface area contributed by atoms with E-state index in [2.05, 4.69) is 77.5 Å². The molecular formula is C29H33N5O2. The molecule has 1 aliphatic carbocycles. The number of nitrogens with one attached hydrogen (secondary N) is 2. The summed E-state index contributed by atoms with van der Waals surface area (Å²) in [7, 11) is 2.01. The molecule has 1 aliphatic rings. The van der Waals surface area contributed by atoms with Gasteiger partial charge in [0, 0.05) is 60.6 Å². The van der Waals surface area contributed by atoms with Gasteiger partial charge in [0.1, 0.15) is 0 Å². The van der Waals surface area contributed by atoms with Crippen LogP contribution in [0.25, 0.3) is 17.0 Å². The van der Waals surface area contributed by atoms with Crippen molar-refractivity contribution in [2.24, 2.45) is 7.05 Å². The number of fused-ring (bicyclic) bond motifs is 2. The topological polar surface area (TPSA) is 86.2 Å². The first-order valence-electron chi connectivity index (χ1n) is 12.5. The van der Waals surface area contributed by atoms with Crippen molar-refractivity contribution in [3.63, 3.8) is 0 Å². The molecule has 7 nitrogen and oxygen atoms in total. The van der Waals surface area contributed by atoms with E-state index < -0.39 is 5.91 Å². The quantitative estimate of drug-likeness (QED) is 0.191. The van der Waals surface area contributed by atoms with Crippen molar-refractivity contribution in [2.45, 2.75) is 45.7 Å². The second kappa shape index (κ2) is 10.1. The Morgan fingerprint density at radius 3 is 2.89 bits per heavy atom. The fourth-order valence-electron chi connectivity index (χ4n) is 5.50. The van der Waals surface area contributed by atoms with E-state index in [0.29, 0.717) is 6.04 Å². The molecule has 2 aromatic heterocycles. The Hall–Kier alpha value is -3.68. The van der Waals surface area contributed by atoms with Crippen LogP contribution >= 0.6 is 0 Å². The lowest BCUT2D eigenvalue weighted by Gasteiger charge is -2.30. The maximum absolute atomic E-state index is 11.4. The molecule has 1 unspecified atom stereocenters. The van der Waals surface area contributed by atoms with Gasteiger partial charge in [0.05, 0.1) is 5.69 Å². The zero-order valence-electron chi connectivity index (χ0n) is 21.1. The molecule has 4 aromatic rings. The predicted molar refractivity (Wildman–Crippen MR) is 142 cm³/mol. The zero-order valence-corrected chi connectivity index (χ0v) is 21.1. The van der Waals surface area contributed by atoms with Crippen molar-refractivity contribution in [1.82, 2.24) is 25.1 Å². The number of aryl methyl sites for hydroxylation is 3. The lowest BCUT2D eigenvalue weighted by molar-refractivity contribution is -0.124. The Labute approximate surface area is 211 Å². The molecule has 2 aromatic carbocycles. The van der Waals surface area contributed by atoms with Gasteiger partial charge < -0.3 is 4.98 Å². The van der Waals surface area contributed by atoms with Gasteiger partial charge in [-0.2, -0.15) is 5.10 Å². The highest BCUT2D eigenvalue weighted by molar-refractivity contribution is 5.90. The third-order valence-electron chi connectivity index (χ3n) is 7.55. The Morgan fingerprint density at radius 2 is 2.11 bits per heavy atom. The molecule has 1 amide bonds. The minimum atomic E-state index is -0.529. The molecule has 0 saturated heterocycles. The van der Waals surface area contributed by atoms with Crippen LogP contribution in [0.4, 0.5) is 0 Å². The number of carbonyl (C=O) groups excluding carboxylic acids is 1. The number of hydrogen-bond acceptors (Lipinski definition) is 4. The van der Waals surface area contributed by atoms with Crippen LogP contribution in [-0.4, -0.2) is 37.3 Å². The third kappa shape index (κ3) is 4.72. The molecule has 3 N–H and O–H groups in total. The molecule has 7 heteroatoms. The fourth-order valence-corrected chi connectivity index (χ4v) is 5.50. The molecule has 0 aliphatic heterocycles. The lowest BCUT2D eigenvalue weighted by Crippen LogP contribution is -2.30. The Balaban J connectivity index is 1.43. The van der Waals surface area contributed by atoms with Gasteiger partial charge in [-0.3, -0.25) is 19.6 Å². The highest BCUT2D eigenvalue weighted by Gasteiger charge is 2.29. The summed E-state index contributed by atoms with van der Waals surface area (Å²) >= 11 is 0. The van der Waals surface area contributed by atoms with Gasteiger partial charge in [0.15, 0.2) is 0 Å². The van der Waals surface area contributed by atoms with Crippen molar-refractivity contribution in [3.05, 3.63) is 93.9 Å². The molecular weight excluding hydrogens is 450 g/mol. The number of H-pyrrole nitrogens is 1. The summed E-state index contributed by atoms with van der Waals surface area (Å²) < 4.78 is 1.98. The van der Waals surface area contributed by atoms with Crippen LogP contribution in [0.15, 0.2) is 54.7 Å². The number of hydroxylamine groups is 1. The Morgan fingerprint density at radius 1 is 1.28 bits per heavy atom. The summed E-state index contributed by atoms with van der Waals surface area (Å²) in [6.45, 7) is 6.05. The third-order valence-corrected chi connectivity index (χ3v) is 7.55. The van der Waals surface area contributed by atoms with Gasteiger partial charge in [0.25, 0.3) is 5.91 Å². The standard InChI is InChI=1S/C29H33N5O2/c1-19-26(20(2)33(3)31-19)18-34(15-14-23-17-30-27-7-5-4-6-24(23)27)28-12-10-22-16-21(8-11-25(22)28)9-13-29(35)32-36/h4-9,11,13,16-17,28,30,36H,10,12,14-15,18H2,1-3H3,(H,32,35). The first-order valence-corrected chi connectivity index (χ1v) is 12.5. The van der Waals surface area contributed by atoms with Gasteiger partial charge in [-0.1, -0.05) is 36.4 Å². The monoisotopic (exact) mass is 483 g/mol. The first-order chi connectivity index (χ1) is 17.4. The summed E-state index contributed by atoms with van der Waals surface area (Å²) in [5.41, 5.74) is 11.4. The van der Waals surface area contributed by atoms with Crippen molar-refractivity contribution in [3.8, 4) is 0 Å². The molecule has 0 spiro atoms. The van der Waals surface area contributed by atoms with Crippen LogP contribution in [0.3, 0.4) is 0 Å². The number of carbonyl (C=O) groups is 1. The highest BCUT2D eigenvalue weighted by atomic mass is 16.5. The van der Waals surface area contributed by atoms with E-state index in [4.69, 9.17) is 5.21 Å². The number of para-hydroxylation sites is 1. The van der Waals surface area contributed by atoms with E-state index in [1.54, 1.807) is 11.6 Å². The first kappa shape index (κ1) is 24.0. The maximum atomic E-state index is 11.4. The van der Waals surface area contributed by atoms with E-state index >= 15 is 0 Å². The number of hydrogen-bond donors (Lipinski definition) is 3. The Bertz CT molecular complexity index is 1430. The highest BCUT2D eigenvalue weighted by Crippen LogP contribution is 2.38. The Kier molecular flexibility index (Phi) is 6.76.